The van der Waals surface area contributed by atoms with Crippen LogP contribution in [0.1, 0.15) is 45.6 Å². The molecule has 4 rings (SSSR count). The van der Waals surface area contributed by atoms with Gasteiger partial charge in [0.25, 0.3) is 5.91 Å². The first-order valence-corrected chi connectivity index (χ1v) is 10.5. The lowest BCUT2D eigenvalue weighted by atomic mass is 9.70. The van der Waals surface area contributed by atoms with Gasteiger partial charge in [-0.25, -0.2) is 0 Å². The lowest BCUT2D eigenvalue weighted by Crippen LogP contribution is -2.32. The molecule has 3 fully saturated rings. The number of thioether (sulfide) groups is 1. The Morgan fingerprint density at radius 2 is 1.96 bits per heavy atom. The van der Waals surface area contributed by atoms with Crippen LogP contribution in [0, 0.1) is 16.7 Å². The number of halogens is 1. The number of hydrogen-bond acceptors (Lipinski definition) is 4. The first-order valence-electron chi connectivity index (χ1n) is 8.91. The smallest absolute Gasteiger partial charge is 0.264 e. The number of carbonyl (C=O) groups is 1. The summed E-state index contributed by atoms with van der Waals surface area (Å²) in [5.74, 6) is 0.585. The van der Waals surface area contributed by atoms with Gasteiger partial charge in [0.15, 0.2) is 5.17 Å². The van der Waals surface area contributed by atoms with Crippen molar-refractivity contribution in [1.29, 1.82) is 0 Å². The number of nitrogens with one attached hydrogen (secondary N) is 1. The van der Waals surface area contributed by atoms with Gasteiger partial charge in [-0.1, -0.05) is 48.8 Å². The van der Waals surface area contributed by atoms with Crippen molar-refractivity contribution in [3.63, 3.8) is 0 Å². The van der Waals surface area contributed by atoms with Gasteiger partial charge in [0, 0.05) is 15.6 Å². The van der Waals surface area contributed by atoms with E-state index in [-0.39, 0.29) is 16.7 Å². The molecule has 26 heavy (non-hydrogen) atoms. The van der Waals surface area contributed by atoms with Crippen molar-refractivity contribution in [2.24, 2.45) is 27.0 Å². The summed E-state index contributed by atoms with van der Waals surface area (Å²) in [4.78, 5) is 12.9. The number of hydrogen-bond donors (Lipinski definition) is 1. The summed E-state index contributed by atoms with van der Waals surface area (Å²) in [6.07, 6.45) is 5.37. The zero-order valence-electron chi connectivity index (χ0n) is 15.2. The van der Waals surface area contributed by atoms with Crippen LogP contribution in [0.15, 0.2) is 43.8 Å². The molecular weight excluding hydrogens is 410 g/mol. The normalized spacial score (nSPS) is 34.2. The van der Waals surface area contributed by atoms with Gasteiger partial charge in [-0.15, -0.1) is 5.10 Å². The third-order valence-electron chi connectivity index (χ3n) is 6.59. The molecule has 3 aliphatic rings. The molecule has 136 valence electrons. The summed E-state index contributed by atoms with van der Waals surface area (Å²) in [6.45, 7) is 7.02. The highest BCUT2D eigenvalue weighted by atomic mass is 79.9. The maximum Gasteiger partial charge on any atom is 0.264 e. The Hall–Kier alpha value is -1.40. The van der Waals surface area contributed by atoms with Gasteiger partial charge in [0.2, 0.25) is 0 Å². The lowest BCUT2D eigenvalue weighted by Gasteiger charge is -2.34. The molecule has 1 aliphatic heterocycles. The molecule has 0 unspecified atom stereocenters. The van der Waals surface area contributed by atoms with Crippen LogP contribution >= 0.6 is 27.7 Å². The van der Waals surface area contributed by atoms with Crippen molar-refractivity contribution in [3.8, 4) is 0 Å². The SMILES string of the molecule is CC1(C)[C@@H]2CC[C@]1(C)/C(=N\N=C1/NC(=O)/C(=C\c3ccc(Br)cc3)S1)C2. The maximum atomic E-state index is 12.2. The molecule has 1 aromatic rings. The highest BCUT2D eigenvalue weighted by molar-refractivity contribution is 9.10. The number of amidine groups is 1. The molecule has 6 heteroatoms. The lowest BCUT2D eigenvalue weighted by molar-refractivity contribution is -0.115. The van der Waals surface area contributed by atoms with Crippen LogP contribution in [0.2, 0.25) is 0 Å². The molecule has 2 bridgehead atoms. The highest BCUT2D eigenvalue weighted by Gasteiger charge is 2.60. The minimum atomic E-state index is -0.114. The topological polar surface area (TPSA) is 53.8 Å². The van der Waals surface area contributed by atoms with E-state index in [9.17, 15) is 4.79 Å². The van der Waals surface area contributed by atoms with Crippen LogP contribution in [-0.4, -0.2) is 16.8 Å². The second-order valence-corrected chi connectivity index (χ2v) is 10.0. The second kappa shape index (κ2) is 6.34. The van der Waals surface area contributed by atoms with E-state index < -0.39 is 0 Å². The number of nitrogens with zero attached hydrogens (tertiary/aromatic N) is 2. The summed E-state index contributed by atoms with van der Waals surface area (Å²) in [7, 11) is 0. The van der Waals surface area contributed by atoms with Crippen LogP contribution in [-0.2, 0) is 4.79 Å². The van der Waals surface area contributed by atoms with Gasteiger partial charge in [-0.05, 0) is 66.1 Å². The van der Waals surface area contributed by atoms with Gasteiger partial charge < -0.3 is 0 Å². The van der Waals surface area contributed by atoms with E-state index in [1.165, 1.54) is 30.3 Å². The van der Waals surface area contributed by atoms with E-state index >= 15 is 0 Å². The summed E-state index contributed by atoms with van der Waals surface area (Å²) in [6, 6.07) is 7.86. The number of amides is 1. The van der Waals surface area contributed by atoms with Gasteiger partial charge in [-0.2, -0.15) is 5.10 Å². The first kappa shape index (κ1) is 18.0. The predicted octanol–water partition coefficient (Wildman–Crippen LogP) is 5.21. The Labute approximate surface area is 166 Å². The average Bonchev–Trinajstić information content (AvgIpc) is 3.12. The molecular formula is C20H22BrN3OS. The van der Waals surface area contributed by atoms with Crippen LogP contribution in [0.5, 0.6) is 0 Å². The molecule has 2 aliphatic carbocycles. The molecule has 2 saturated carbocycles. The second-order valence-electron chi connectivity index (χ2n) is 8.06. The summed E-state index contributed by atoms with van der Waals surface area (Å²) in [5, 5.41) is 12.3. The van der Waals surface area contributed by atoms with E-state index in [0.717, 1.165) is 16.5 Å². The summed E-state index contributed by atoms with van der Waals surface area (Å²) < 4.78 is 1.02. The monoisotopic (exact) mass is 431 g/mol. The van der Waals surface area contributed by atoms with Crippen molar-refractivity contribution >= 4 is 50.6 Å². The van der Waals surface area contributed by atoms with E-state index in [1.54, 1.807) is 0 Å². The van der Waals surface area contributed by atoms with Gasteiger partial charge in [0.05, 0.1) is 4.91 Å². The van der Waals surface area contributed by atoms with Crippen LogP contribution in [0.4, 0.5) is 0 Å². The molecule has 0 radical (unpaired) electrons. The van der Waals surface area contributed by atoms with Gasteiger partial charge in [-0.3, -0.25) is 10.1 Å². The molecule has 1 saturated heterocycles. The van der Waals surface area contributed by atoms with Crippen LogP contribution < -0.4 is 5.32 Å². The first-order chi connectivity index (χ1) is 12.3. The quantitative estimate of drug-likeness (QED) is 0.515. The Kier molecular flexibility index (Phi) is 4.39. The summed E-state index contributed by atoms with van der Waals surface area (Å²) in [5.41, 5.74) is 2.59. The zero-order valence-corrected chi connectivity index (χ0v) is 17.6. The minimum absolute atomic E-state index is 0.114. The number of benzene rings is 1. The van der Waals surface area contributed by atoms with Crippen molar-refractivity contribution < 1.29 is 4.79 Å². The van der Waals surface area contributed by atoms with Gasteiger partial charge >= 0.3 is 0 Å². The predicted molar refractivity (Wildman–Crippen MR) is 112 cm³/mol. The molecule has 4 nitrogen and oxygen atoms in total. The minimum Gasteiger partial charge on any atom is -0.299 e. The van der Waals surface area contributed by atoms with E-state index in [0.29, 0.717) is 16.0 Å². The number of fused-ring (bicyclic) bond motifs is 2. The molecule has 2 atom stereocenters. The number of carbonyl (C=O) groups excluding carboxylic acids is 1. The fraction of sp³-hybridized carbons (Fsp3) is 0.450. The summed E-state index contributed by atoms with van der Waals surface area (Å²) >= 11 is 4.77. The fourth-order valence-corrected chi connectivity index (χ4v) is 5.41. The van der Waals surface area contributed by atoms with E-state index in [4.69, 9.17) is 0 Å². The Bertz CT molecular complexity index is 856. The molecule has 1 heterocycles. The van der Waals surface area contributed by atoms with E-state index in [1.807, 2.05) is 30.3 Å². The van der Waals surface area contributed by atoms with E-state index in [2.05, 4.69) is 52.2 Å². The largest absolute Gasteiger partial charge is 0.299 e. The molecule has 1 N–H and O–H groups in total. The third-order valence-corrected chi connectivity index (χ3v) is 8.02. The highest BCUT2D eigenvalue weighted by Crippen LogP contribution is 2.64. The Balaban J connectivity index is 1.53. The van der Waals surface area contributed by atoms with Crippen molar-refractivity contribution in [2.45, 2.75) is 40.0 Å². The zero-order chi connectivity index (χ0) is 18.5. The average molecular weight is 432 g/mol. The standard InChI is InChI=1S/C20H22BrN3OS/c1-19(2)13-8-9-20(19,3)16(11-13)23-24-18-22-17(25)15(26-18)10-12-4-6-14(21)7-5-12/h4-7,10,13H,8-9,11H2,1-3H3,(H,22,24,25)/b15-10+,23-16-/t13-,20-/m1/s1. The molecule has 1 aromatic carbocycles. The van der Waals surface area contributed by atoms with Crippen LogP contribution in [0.3, 0.4) is 0 Å². The molecule has 0 aromatic heterocycles. The Morgan fingerprint density at radius 1 is 1.23 bits per heavy atom. The van der Waals surface area contributed by atoms with Crippen molar-refractivity contribution in [1.82, 2.24) is 5.32 Å². The Morgan fingerprint density at radius 3 is 2.58 bits per heavy atom. The van der Waals surface area contributed by atoms with Gasteiger partial charge in [0.1, 0.15) is 0 Å². The van der Waals surface area contributed by atoms with Crippen molar-refractivity contribution in [2.75, 3.05) is 0 Å². The fourth-order valence-electron chi connectivity index (χ4n) is 4.37. The maximum absolute atomic E-state index is 12.2. The number of rotatable bonds is 2. The van der Waals surface area contributed by atoms with Crippen LogP contribution in [0.25, 0.3) is 6.08 Å². The third kappa shape index (κ3) is 2.87. The van der Waals surface area contributed by atoms with Crippen molar-refractivity contribution in [3.05, 3.63) is 39.2 Å². The molecule has 1 amide bonds. The molecule has 0 spiro atoms.